The molecular formula is C21H21F4N3O. The average Bonchev–Trinajstić information content (AvgIpc) is 3.16. The van der Waals surface area contributed by atoms with Crippen LogP contribution in [-0.2, 0) is 17.5 Å². The van der Waals surface area contributed by atoms with Crippen molar-refractivity contribution < 1.29 is 22.3 Å². The number of halogens is 4. The van der Waals surface area contributed by atoms with Gasteiger partial charge in [0.1, 0.15) is 5.82 Å². The molecule has 1 aromatic carbocycles. The Morgan fingerprint density at radius 2 is 1.83 bits per heavy atom. The second kappa shape index (κ2) is 6.67. The third-order valence-corrected chi connectivity index (χ3v) is 6.08. The lowest BCUT2D eigenvalue weighted by molar-refractivity contribution is -0.140. The summed E-state index contributed by atoms with van der Waals surface area (Å²) in [7, 11) is 0. The first-order valence-electron chi connectivity index (χ1n) is 9.83. The number of alkyl halides is 3. The Morgan fingerprint density at radius 1 is 1.10 bits per heavy atom. The molecule has 2 aromatic heterocycles. The minimum atomic E-state index is -4.59. The van der Waals surface area contributed by atoms with Gasteiger partial charge in [-0.2, -0.15) is 13.2 Å². The molecule has 2 aliphatic heterocycles. The van der Waals surface area contributed by atoms with Crippen LogP contribution in [0.5, 0.6) is 0 Å². The third kappa shape index (κ3) is 3.18. The van der Waals surface area contributed by atoms with Crippen LogP contribution < -0.4 is 0 Å². The van der Waals surface area contributed by atoms with Gasteiger partial charge < -0.3 is 9.30 Å². The van der Waals surface area contributed by atoms with E-state index in [1.54, 1.807) is 17.6 Å². The number of morpholine rings is 1. The summed E-state index contributed by atoms with van der Waals surface area (Å²) in [6.07, 6.45) is -0.927. The smallest absolute Gasteiger partial charge is 0.372 e. The molecule has 2 saturated heterocycles. The molecule has 0 radical (unpaired) electrons. The number of pyridine rings is 1. The van der Waals surface area contributed by atoms with E-state index in [4.69, 9.17) is 4.74 Å². The fourth-order valence-corrected chi connectivity index (χ4v) is 4.73. The van der Waals surface area contributed by atoms with Crippen LogP contribution in [-0.4, -0.2) is 46.3 Å². The van der Waals surface area contributed by atoms with Gasteiger partial charge in [-0.15, -0.1) is 0 Å². The predicted octanol–water partition coefficient (Wildman–Crippen LogP) is 4.52. The van der Waals surface area contributed by atoms with Crippen LogP contribution in [0, 0.1) is 12.7 Å². The van der Waals surface area contributed by atoms with E-state index in [2.05, 4.69) is 9.88 Å². The zero-order chi connectivity index (χ0) is 20.3. The van der Waals surface area contributed by atoms with Crippen molar-refractivity contribution in [3.05, 3.63) is 41.5 Å². The van der Waals surface area contributed by atoms with Crippen LogP contribution in [0.2, 0.25) is 0 Å². The monoisotopic (exact) mass is 407 g/mol. The molecule has 5 rings (SSSR count). The molecule has 154 valence electrons. The summed E-state index contributed by atoms with van der Waals surface area (Å²) < 4.78 is 62.9. The second-order valence-corrected chi connectivity index (χ2v) is 8.04. The highest BCUT2D eigenvalue weighted by Gasteiger charge is 2.37. The van der Waals surface area contributed by atoms with Crippen LogP contribution >= 0.6 is 0 Å². The summed E-state index contributed by atoms with van der Waals surface area (Å²) in [5.74, 6) is -0.424. The first-order chi connectivity index (χ1) is 13.8. The van der Waals surface area contributed by atoms with E-state index in [0.717, 1.165) is 32.1 Å². The molecule has 4 nitrogen and oxygen atoms in total. The van der Waals surface area contributed by atoms with E-state index < -0.39 is 17.7 Å². The largest absolute Gasteiger partial charge is 0.435 e. The molecule has 29 heavy (non-hydrogen) atoms. The number of hydrogen-bond donors (Lipinski definition) is 0. The molecule has 0 N–H and O–H groups in total. The van der Waals surface area contributed by atoms with Gasteiger partial charge in [-0.25, -0.2) is 9.37 Å². The number of likely N-dealkylation sites (tertiary alicyclic amines) is 1. The number of nitrogens with zero attached hydrogens (tertiary/aromatic N) is 3. The molecule has 0 amide bonds. The summed E-state index contributed by atoms with van der Waals surface area (Å²) in [5.41, 5.74) is 0.115. The van der Waals surface area contributed by atoms with E-state index in [-0.39, 0.29) is 17.7 Å². The Bertz CT molecular complexity index is 1080. The summed E-state index contributed by atoms with van der Waals surface area (Å²) in [5, 5.41) is 0.862. The van der Waals surface area contributed by atoms with E-state index in [1.165, 1.54) is 12.1 Å². The van der Waals surface area contributed by atoms with Gasteiger partial charge in [0.2, 0.25) is 0 Å². The van der Waals surface area contributed by atoms with Gasteiger partial charge in [-0.05, 0) is 43.5 Å². The first-order valence-corrected chi connectivity index (χ1v) is 9.83. The number of benzene rings is 1. The Balaban J connectivity index is 1.62. The van der Waals surface area contributed by atoms with Crippen LogP contribution in [0.4, 0.5) is 17.6 Å². The summed E-state index contributed by atoms with van der Waals surface area (Å²) >= 11 is 0. The van der Waals surface area contributed by atoms with Crippen molar-refractivity contribution in [2.45, 2.75) is 44.7 Å². The fourth-order valence-electron chi connectivity index (χ4n) is 4.73. The number of rotatable bonds is 3. The van der Waals surface area contributed by atoms with Crippen molar-refractivity contribution in [2.24, 2.45) is 0 Å². The molecule has 2 atom stereocenters. The molecule has 2 bridgehead atoms. The number of hydrogen-bond acceptors (Lipinski definition) is 3. The number of fused-ring (bicyclic) bond motifs is 5. The fraction of sp³-hybridized carbons (Fsp3) is 0.476. The number of ether oxygens (including phenoxy) is 1. The molecule has 0 aliphatic carbocycles. The van der Waals surface area contributed by atoms with Crippen molar-refractivity contribution >= 4 is 21.8 Å². The van der Waals surface area contributed by atoms with Gasteiger partial charge >= 0.3 is 6.18 Å². The average molecular weight is 407 g/mol. The molecule has 2 unspecified atom stereocenters. The van der Waals surface area contributed by atoms with Crippen LogP contribution in [0.25, 0.3) is 21.8 Å². The van der Waals surface area contributed by atoms with Gasteiger partial charge in [0.15, 0.2) is 5.69 Å². The van der Waals surface area contributed by atoms with Gasteiger partial charge in [-0.3, -0.25) is 4.90 Å². The zero-order valence-corrected chi connectivity index (χ0v) is 16.0. The maximum absolute atomic E-state index is 14.2. The number of aromatic nitrogens is 2. The van der Waals surface area contributed by atoms with Gasteiger partial charge in [-0.1, -0.05) is 0 Å². The molecule has 3 aromatic rings. The lowest BCUT2D eigenvalue weighted by atomic mass is 10.1. The normalized spacial score (nSPS) is 22.8. The lowest BCUT2D eigenvalue weighted by Gasteiger charge is -2.32. The van der Waals surface area contributed by atoms with E-state index in [9.17, 15) is 17.6 Å². The number of aryl methyl sites for hydroxylation is 1. The van der Waals surface area contributed by atoms with Crippen molar-refractivity contribution in [3.63, 3.8) is 0 Å². The third-order valence-electron chi connectivity index (χ3n) is 6.08. The summed E-state index contributed by atoms with van der Waals surface area (Å²) in [6, 6.07) is 4.50. The van der Waals surface area contributed by atoms with Crippen LogP contribution in [0.3, 0.4) is 0 Å². The van der Waals surface area contributed by atoms with Crippen LogP contribution in [0.15, 0.2) is 24.4 Å². The van der Waals surface area contributed by atoms with Gasteiger partial charge in [0.05, 0.1) is 17.7 Å². The minimum absolute atomic E-state index is 0.0243. The molecule has 2 aliphatic rings. The summed E-state index contributed by atoms with van der Waals surface area (Å²) in [4.78, 5) is 5.89. The molecule has 4 heterocycles. The molecule has 2 fully saturated rings. The quantitative estimate of drug-likeness (QED) is 0.598. The Labute approximate surface area is 165 Å². The Hall–Kier alpha value is -2.19. The molecule has 8 heteroatoms. The topological polar surface area (TPSA) is 30.3 Å². The van der Waals surface area contributed by atoms with Crippen molar-refractivity contribution in [3.8, 4) is 0 Å². The lowest BCUT2D eigenvalue weighted by Crippen LogP contribution is -2.43. The predicted molar refractivity (Wildman–Crippen MR) is 101 cm³/mol. The standard InChI is InChI=1S/C21H21F4N3O/c1-12-8-18-16(9-17(12)22)15-4-5-26-20(21(23,24)25)19(15)28(18)7-6-27-10-13-2-3-14(11-27)29-13/h4-5,8-9,13-14H,2-3,6-7,10-11H2,1H3. The summed E-state index contributed by atoms with van der Waals surface area (Å²) in [6.45, 7) is 4.20. The van der Waals surface area contributed by atoms with Gasteiger partial charge in [0, 0.05) is 48.7 Å². The highest BCUT2D eigenvalue weighted by Crippen LogP contribution is 2.38. The van der Waals surface area contributed by atoms with Crippen LogP contribution in [0.1, 0.15) is 24.1 Å². The molecular weight excluding hydrogens is 386 g/mol. The van der Waals surface area contributed by atoms with Crippen molar-refractivity contribution in [1.29, 1.82) is 0 Å². The second-order valence-electron chi connectivity index (χ2n) is 8.04. The maximum atomic E-state index is 14.2. The highest BCUT2D eigenvalue weighted by molar-refractivity contribution is 6.09. The van der Waals surface area contributed by atoms with Crippen molar-refractivity contribution in [1.82, 2.24) is 14.5 Å². The van der Waals surface area contributed by atoms with E-state index >= 15 is 0 Å². The van der Waals surface area contributed by atoms with Gasteiger partial charge in [0.25, 0.3) is 0 Å². The Morgan fingerprint density at radius 3 is 2.52 bits per heavy atom. The van der Waals surface area contributed by atoms with E-state index in [0.29, 0.717) is 34.9 Å². The van der Waals surface area contributed by atoms with Crippen molar-refractivity contribution in [2.75, 3.05) is 19.6 Å². The molecule has 0 spiro atoms. The highest BCUT2D eigenvalue weighted by atomic mass is 19.4. The van der Waals surface area contributed by atoms with E-state index in [1.807, 2.05) is 0 Å². The first kappa shape index (κ1) is 18.8. The SMILES string of the molecule is Cc1cc2c(cc1F)c1ccnc(C(F)(F)F)c1n2CCN1CC2CCC(C1)O2. The Kier molecular flexibility index (Phi) is 4.33. The zero-order valence-electron chi connectivity index (χ0n) is 16.0. The maximum Gasteiger partial charge on any atom is 0.435 e. The molecule has 0 saturated carbocycles. The minimum Gasteiger partial charge on any atom is -0.372 e.